The SMILES string of the molecule is Nc1ncnc2c1ncn2[C@@H]1O[C@@H]2COP(=O)(S)OC[C@@H]3[C@@H](COP(=O)(S)O[C@H]2[C@H]1F)C[C@H]3n1cnc2c(=O)n3nnnc3[nH]c21. The number of fused-ring (bicyclic) bond motifs is 5. The average Bonchev–Trinajstić information content (AvgIpc) is 3.79. The van der Waals surface area contributed by atoms with Crippen molar-refractivity contribution in [3.05, 3.63) is 29.3 Å². The molecule has 244 valence electrons. The molecule has 1 aliphatic carbocycles. The summed E-state index contributed by atoms with van der Waals surface area (Å²) < 4.78 is 75.2. The van der Waals surface area contributed by atoms with Gasteiger partial charge in [0.15, 0.2) is 29.4 Å². The number of nitrogens with two attached hydrogens (primary N) is 1. The summed E-state index contributed by atoms with van der Waals surface area (Å²) in [7, 11) is 0. The van der Waals surface area contributed by atoms with Gasteiger partial charge in [-0.25, -0.2) is 33.5 Å². The van der Waals surface area contributed by atoms with Crippen LogP contribution in [-0.4, -0.2) is 92.3 Å². The van der Waals surface area contributed by atoms with E-state index in [1.54, 1.807) is 4.57 Å². The number of aromatic nitrogens is 11. The van der Waals surface area contributed by atoms with E-state index in [-0.39, 0.29) is 53.4 Å². The lowest BCUT2D eigenvalue weighted by atomic mass is 9.70. The van der Waals surface area contributed by atoms with E-state index in [9.17, 15) is 13.9 Å². The third kappa shape index (κ3) is 5.04. The first-order chi connectivity index (χ1) is 22.0. The Kier molecular flexibility index (Phi) is 7.27. The van der Waals surface area contributed by atoms with Crippen molar-refractivity contribution in [3.63, 3.8) is 0 Å². The van der Waals surface area contributed by atoms with Crippen LogP contribution in [0.25, 0.3) is 28.1 Å². The standard InChI is InChI=1S/C21H23FN12O8P2S2/c22-12-15-11(41-20(12)33-7-26-13-16(23)24-5-25-17(13)33)4-40-43(36,45)39-3-9-8(2-38-44(37,46)42-15)1-10(9)32-6-27-14-18(32)28-21-29-30-31-34(21)19(14)35/h5-12,15,20H,1-4H2,(H,36,45)(H,37,46)(H2,23,24,25)(H,28,29,31)/t8-,9-,10-,11-,12-,15-,20-,43?,44?/m1/s1. The number of aromatic amines is 1. The van der Waals surface area contributed by atoms with Crippen LogP contribution in [0.3, 0.4) is 0 Å². The van der Waals surface area contributed by atoms with Gasteiger partial charge in [-0.1, -0.05) is 29.6 Å². The van der Waals surface area contributed by atoms with Crippen LogP contribution in [0.1, 0.15) is 18.7 Å². The van der Waals surface area contributed by atoms with Crippen LogP contribution in [0, 0.1) is 11.8 Å². The van der Waals surface area contributed by atoms with Crippen LogP contribution in [0.5, 0.6) is 0 Å². The molecule has 3 aliphatic rings. The molecule has 7 heterocycles. The maximum absolute atomic E-state index is 16.0. The zero-order valence-corrected chi connectivity index (χ0v) is 26.7. The predicted molar refractivity (Wildman–Crippen MR) is 160 cm³/mol. The number of nitrogen functional groups attached to an aromatic ring is 1. The lowest BCUT2D eigenvalue weighted by Crippen LogP contribution is -2.43. The molecular formula is C21H23FN12O8P2S2. The largest absolute Gasteiger partial charge is 0.386 e. The molecule has 0 spiro atoms. The highest BCUT2D eigenvalue weighted by molar-refractivity contribution is 8.44. The Hall–Kier alpha value is -3.01. The molecule has 9 atom stereocenters. The number of tetrazole rings is 1. The first-order valence-corrected chi connectivity index (χ1v) is 19.1. The summed E-state index contributed by atoms with van der Waals surface area (Å²) in [5.74, 6) is -0.537. The van der Waals surface area contributed by atoms with E-state index in [0.29, 0.717) is 12.1 Å². The van der Waals surface area contributed by atoms with E-state index < -0.39 is 56.3 Å². The minimum Gasteiger partial charge on any atom is -0.382 e. The lowest BCUT2D eigenvalue weighted by Gasteiger charge is -2.45. The zero-order valence-electron chi connectivity index (χ0n) is 23.1. The number of ether oxygens (including phenoxy) is 1. The van der Waals surface area contributed by atoms with E-state index in [4.69, 9.17) is 28.6 Å². The topological polar surface area (TPSA) is 244 Å². The highest BCUT2D eigenvalue weighted by atomic mass is 32.7. The Bertz CT molecular complexity index is 2150. The summed E-state index contributed by atoms with van der Waals surface area (Å²) in [6.45, 7) is -9.05. The number of imidazole rings is 2. The van der Waals surface area contributed by atoms with Crippen molar-refractivity contribution >= 4 is 72.0 Å². The number of anilines is 1. The summed E-state index contributed by atoms with van der Waals surface area (Å²) in [4.78, 5) is 32.2. The van der Waals surface area contributed by atoms with Crippen LogP contribution >= 0.6 is 38.1 Å². The van der Waals surface area contributed by atoms with Crippen LogP contribution in [0.2, 0.25) is 0 Å². The summed E-state index contributed by atoms with van der Waals surface area (Å²) in [6, 6.07) is -0.340. The third-order valence-electron chi connectivity index (χ3n) is 8.36. The van der Waals surface area contributed by atoms with Crippen molar-refractivity contribution in [1.29, 1.82) is 0 Å². The molecule has 0 aromatic carbocycles. The van der Waals surface area contributed by atoms with Gasteiger partial charge in [-0.05, 0) is 22.8 Å². The van der Waals surface area contributed by atoms with Gasteiger partial charge in [0.1, 0.15) is 29.7 Å². The Labute approximate surface area is 265 Å². The van der Waals surface area contributed by atoms with Gasteiger partial charge in [0.05, 0.1) is 32.5 Å². The highest BCUT2D eigenvalue weighted by Gasteiger charge is 2.52. The molecule has 25 heteroatoms. The van der Waals surface area contributed by atoms with Gasteiger partial charge >= 0.3 is 19.2 Å². The van der Waals surface area contributed by atoms with E-state index >= 15 is 4.39 Å². The first kappa shape index (κ1) is 30.3. The number of hydrogen-bond acceptors (Lipinski definition) is 16. The molecule has 5 aromatic heterocycles. The minimum atomic E-state index is -4.20. The fraction of sp³-hybridized carbons (Fsp3) is 0.524. The smallest absolute Gasteiger partial charge is 0.382 e. The van der Waals surface area contributed by atoms with Crippen LogP contribution in [-0.2, 0) is 32.0 Å². The van der Waals surface area contributed by atoms with Crippen LogP contribution in [0.4, 0.5) is 10.2 Å². The molecule has 0 bridgehead atoms. The molecule has 1 saturated carbocycles. The van der Waals surface area contributed by atoms with Crippen molar-refractivity contribution in [2.45, 2.75) is 37.1 Å². The quantitative estimate of drug-likeness (QED) is 0.149. The van der Waals surface area contributed by atoms with Crippen LogP contribution < -0.4 is 11.3 Å². The Balaban J connectivity index is 1.06. The van der Waals surface area contributed by atoms with Gasteiger partial charge < -0.3 is 29.1 Å². The molecule has 20 nitrogen and oxygen atoms in total. The van der Waals surface area contributed by atoms with Crippen LogP contribution in [0.15, 0.2) is 23.8 Å². The van der Waals surface area contributed by atoms with Crippen molar-refractivity contribution in [2.24, 2.45) is 11.8 Å². The molecule has 2 unspecified atom stereocenters. The summed E-state index contributed by atoms with van der Waals surface area (Å²) in [6.07, 6.45) is -1.76. The van der Waals surface area contributed by atoms with Crippen molar-refractivity contribution < 1.29 is 36.4 Å². The second-order valence-corrected chi connectivity index (χ2v) is 16.7. The maximum Gasteiger partial charge on any atom is 0.386 e. The minimum absolute atomic E-state index is 0.0803. The number of alkyl halides is 1. The van der Waals surface area contributed by atoms with Gasteiger partial charge in [-0.3, -0.25) is 18.4 Å². The zero-order chi connectivity index (χ0) is 32.0. The van der Waals surface area contributed by atoms with E-state index in [0.717, 1.165) is 4.52 Å². The van der Waals surface area contributed by atoms with Gasteiger partial charge in [0.25, 0.3) is 5.78 Å². The second kappa shape index (κ2) is 11.0. The monoisotopic (exact) mass is 716 g/mol. The number of H-pyrrole nitrogens is 1. The number of rotatable bonds is 2. The number of nitrogens with one attached hydrogen (secondary N) is 1. The van der Waals surface area contributed by atoms with Gasteiger partial charge in [-0.15, -0.1) is 4.52 Å². The van der Waals surface area contributed by atoms with E-state index in [1.807, 2.05) is 0 Å². The normalized spacial score (nSPS) is 35.7. The molecule has 2 saturated heterocycles. The average molecular weight is 717 g/mol. The molecule has 0 radical (unpaired) electrons. The molecule has 3 N–H and O–H groups in total. The van der Waals surface area contributed by atoms with Gasteiger partial charge in [-0.2, -0.15) is 0 Å². The molecule has 8 rings (SSSR count). The molecule has 46 heavy (non-hydrogen) atoms. The second-order valence-electron chi connectivity index (χ2n) is 10.9. The Morgan fingerprint density at radius 1 is 1.00 bits per heavy atom. The number of nitrogens with zero attached hydrogens (tertiary/aromatic N) is 10. The summed E-state index contributed by atoms with van der Waals surface area (Å²) in [5, 5.41) is 11.0. The molecule has 0 amide bonds. The first-order valence-electron chi connectivity index (χ1n) is 13.7. The Morgan fingerprint density at radius 2 is 1.76 bits per heavy atom. The molecule has 5 aromatic rings. The summed E-state index contributed by atoms with van der Waals surface area (Å²) in [5.41, 5.74) is 6.22. The van der Waals surface area contributed by atoms with Crippen molar-refractivity contribution in [1.82, 2.24) is 54.1 Å². The number of thiol groups is 2. The van der Waals surface area contributed by atoms with E-state index in [1.165, 1.54) is 23.5 Å². The van der Waals surface area contributed by atoms with Crippen molar-refractivity contribution in [2.75, 3.05) is 25.6 Å². The van der Waals surface area contributed by atoms with Crippen molar-refractivity contribution in [3.8, 4) is 0 Å². The van der Waals surface area contributed by atoms with E-state index in [2.05, 4.69) is 64.9 Å². The summed E-state index contributed by atoms with van der Waals surface area (Å²) >= 11 is 8.24. The predicted octanol–water partition coefficient (Wildman–Crippen LogP) is 1.52. The number of halogens is 1. The van der Waals surface area contributed by atoms with Gasteiger partial charge in [0, 0.05) is 12.0 Å². The lowest BCUT2D eigenvalue weighted by molar-refractivity contribution is -0.0408. The third-order valence-corrected chi connectivity index (χ3v) is 11.6. The fourth-order valence-corrected chi connectivity index (χ4v) is 8.73. The Morgan fingerprint density at radius 3 is 2.61 bits per heavy atom. The fourth-order valence-electron chi connectivity index (χ4n) is 6.03. The molecular weight excluding hydrogens is 693 g/mol. The van der Waals surface area contributed by atoms with Gasteiger partial charge in [0.2, 0.25) is 0 Å². The highest BCUT2D eigenvalue weighted by Crippen LogP contribution is 2.60. The molecule has 2 aliphatic heterocycles. The maximum atomic E-state index is 16.0. The molecule has 3 fully saturated rings. The number of hydrogen-bond donors (Lipinski definition) is 4.